The SMILES string of the molecule is Cc1cccc(-n2cccc(C(=O)NCc3ccc(Cl)cc3)c2=O)c1. The number of carbonyl (C=O) groups excluding carboxylic acids is 1. The third kappa shape index (κ3) is 3.98. The molecule has 0 aliphatic carbocycles. The molecule has 3 aromatic rings. The quantitative estimate of drug-likeness (QED) is 0.777. The Morgan fingerprint density at radius 3 is 2.56 bits per heavy atom. The number of carbonyl (C=O) groups is 1. The summed E-state index contributed by atoms with van der Waals surface area (Å²) in [5, 5.41) is 3.41. The second kappa shape index (κ2) is 7.36. The Kier molecular flexibility index (Phi) is 5.00. The number of rotatable bonds is 4. The van der Waals surface area contributed by atoms with Crippen LogP contribution in [0, 0.1) is 6.92 Å². The van der Waals surface area contributed by atoms with Gasteiger partial charge in [0.15, 0.2) is 0 Å². The molecule has 126 valence electrons. The number of aromatic nitrogens is 1. The van der Waals surface area contributed by atoms with Crippen LogP contribution in [0.15, 0.2) is 71.7 Å². The fourth-order valence-corrected chi connectivity index (χ4v) is 2.65. The Balaban J connectivity index is 1.82. The lowest BCUT2D eigenvalue weighted by atomic mass is 10.2. The van der Waals surface area contributed by atoms with E-state index in [1.54, 1.807) is 24.4 Å². The summed E-state index contributed by atoms with van der Waals surface area (Å²) in [6, 6.07) is 18.0. The van der Waals surface area contributed by atoms with Crippen LogP contribution in [-0.4, -0.2) is 10.5 Å². The van der Waals surface area contributed by atoms with Crippen molar-refractivity contribution in [3.63, 3.8) is 0 Å². The highest BCUT2D eigenvalue weighted by molar-refractivity contribution is 6.30. The molecule has 2 aromatic carbocycles. The van der Waals surface area contributed by atoms with Crippen molar-refractivity contribution in [3.8, 4) is 5.69 Å². The molecule has 1 aromatic heterocycles. The minimum Gasteiger partial charge on any atom is -0.348 e. The average Bonchev–Trinajstić information content (AvgIpc) is 2.61. The average molecular weight is 353 g/mol. The van der Waals surface area contributed by atoms with E-state index in [1.807, 2.05) is 43.3 Å². The number of hydrogen-bond donors (Lipinski definition) is 1. The highest BCUT2D eigenvalue weighted by Crippen LogP contribution is 2.10. The van der Waals surface area contributed by atoms with Crippen LogP contribution < -0.4 is 10.9 Å². The van der Waals surface area contributed by atoms with Crippen LogP contribution in [0.1, 0.15) is 21.5 Å². The molecular formula is C20H17ClN2O2. The Labute approximate surface area is 150 Å². The summed E-state index contributed by atoms with van der Waals surface area (Å²) in [4.78, 5) is 25.1. The van der Waals surface area contributed by atoms with Crippen molar-refractivity contribution in [1.29, 1.82) is 0 Å². The van der Waals surface area contributed by atoms with Crippen molar-refractivity contribution in [3.05, 3.63) is 98.9 Å². The molecule has 1 heterocycles. The lowest BCUT2D eigenvalue weighted by molar-refractivity contribution is 0.0949. The number of hydrogen-bond acceptors (Lipinski definition) is 2. The predicted molar refractivity (Wildman–Crippen MR) is 99.4 cm³/mol. The molecule has 0 fully saturated rings. The van der Waals surface area contributed by atoms with E-state index in [0.29, 0.717) is 11.6 Å². The highest BCUT2D eigenvalue weighted by atomic mass is 35.5. The summed E-state index contributed by atoms with van der Waals surface area (Å²) < 4.78 is 1.48. The largest absolute Gasteiger partial charge is 0.348 e. The van der Waals surface area contributed by atoms with Crippen LogP contribution >= 0.6 is 11.6 Å². The number of halogens is 1. The number of benzene rings is 2. The van der Waals surface area contributed by atoms with Gasteiger partial charge in [-0.25, -0.2) is 0 Å². The maximum absolute atomic E-state index is 12.7. The Morgan fingerprint density at radius 1 is 1.08 bits per heavy atom. The molecule has 25 heavy (non-hydrogen) atoms. The fourth-order valence-electron chi connectivity index (χ4n) is 2.53. The molecule has 3 rings (SSSR count). The first kappa shape index (κ1) is 17.0. The van der Waals surface area contributed by atoms with Gasteiger partial charge >= 0.3 is 0 Å². The number of nitrogens with one attached hydrogen (secondary N) is 1. The van der Waals surface area contributed by atoms with E-state index in [9.17, 15) is 9.59 Å². The first-order chi connectivity index (χ1) is 12.0. The number of amides is 1. The molecule has 0 atom stereocenters. The number of aryl methyl sites for hydroxylation is 1. The molecule has 5 heteroatoms. The van der Waals surface area contributed by atoms with Crippen molar-refractivity contribution < 1.29 is 4.79 Å². The normalized spacial score (nSPS) is 10.5. The van der Waals surface area contributed by atoms with Crippen LogP contribution in [0.4, 0.5) is 0 Å². The Bertz CT molecular complexity index is 962. The van der Waals surface area contributed by atoms with E-state index in [0.717, 1.165) is 16.8 Å². The summed E-state index contributed by atoms with van der Waals surface area (Å²) >= 11 is 5.85. The Hall–Kier alpha value is -2.85. The smallest absolute Gasteiger partial charge is 0.267 e. The van der Waals surface area contributed by atoms with E-state index in [4.69, 9.17) is 11.6 Å². The molecule has 1 N–H and O–H groups in total. The molecule has 0 spiro atoms. The summed E-state index contributed by atoms with van der Waals surface area (Å²) in [6.45, 7) is 2.28. The van der Waals surface area contributed by atoms with Gasteiger partial charge < -0.3 is 5.32 Å². The molecule has 0 bridgehead atoms. The van der Waals surface area contributed by atoms with Gasteiger partial charge in [0.05, 0.1) is 0 Å². The molecule has 0 aliphatic heterocycles. The third-order valence-corrected chi connectivity index (χ3v) is 4.09. The Morgan fingerprint density at radius 2 is 1.84 bits per heavy atom. The number of nitrogens with zero attached hydrogens (tertiary/aromatic N) is 1. The fraction of sp³-hybridized carbons (Fsp3) is 0.100. The van der Waals surface area contributed by atoms with Gasteiger partial charge in [0, 0.05) is 23.5 Å². The van der Waals surface area contributed by atoms with Gasteiger partial charge in [0.2, 0.25) is 0 Å². The maximum atomic E-state index is 12.7. The van der Waals surface area contributed by atoms with Crippen molar-refractivity contribution in [1.82, 2.24) is 9.88 Å². The molecule has 0 saturated carbocycles. The van der Waals surface area contributed by atoms with Crippen molar-refractivity contribution in [2.75, 3.05) is 0 Å². The minimum atomic E-state index is -0.401. The van der Waals surface area contributed by atoms with Gasteiger partial charge in [-0.1, -0.05) is 35.9 Å². The molecular weight excluding hydrogens is 336 g/mol. The van der Waals surface area contributed by atoms with Gasteiger partial charge in [-0.2, -0.15) is 0 Å². The van der Waals surface area contributed by atoms with Gasteiger partial charge in [-0.05, 0) is 54.4 Å². The second-order valence-corrected chi connectivity index (χ2v) is 6.18. The maximum Gasteiger partial charge on any atom is 0.267 e. The molecule has 0 unspecified atom stereocenters. The second-order valence-electron chi connectivity index (χ2n) is 5.75. The minimum absolute atomic E-state index is 0.109. The summed E-state index contributed by atoms with van der Waals surface area (Å²) in [6.07, 6.45) is 1.66. The summed E-state index contributed by atoms with van der Waals surface area (Å²) in [7, 11) is 0. The van der Waals surface area contributed by atoms with Crippen LogP contribution in [0.2, 0.25) is 5.02 Å². The van der Waals surface area contributed by atoms with Crippen LogP contribution in [-0.2, 0) is 6.54 Å². The lowest BCUT2D eigenvalue weighted by Crippen LogP contribution is -2.31. The summed E-state index contributed by atoms with van der Waals surface area (Å²) in [5.41, 5.74) is 2.45. The van der Waals surface area contributed by atoms with E-state index < -0.39 is 5.91 Å². The van der Waals surface area contributed by atoms with Crippen LogP contribution in [0.25, 0.3) is 5.69 Å². The third-order valence-electron chi connectivity index (χ3n) is 3.84. The predicted octanol–water partition coefficient (Wildman–Crippen LogP) is 3.73. The van der Waals surface area contributed by atoms with E-state index in [2.05, 4.69) is 5.32 Å². The monoisotopic (exact) mass is 352 g/mol. The van der Waals surface area contributed by atoms with Crippen LogP contribution in [0.3, 0.4) is 0 Å². The zero-order chi connectivity index (χ0) is 17.8. The zero-order valence-electron chi connectivity index (χ0n) is 13.7. The van der Waals surface area contributed by atoms with E-state index in [-0.39, 0.29) is 11.1 Å². The molecule has 0 saturated heterocycles. The lowest BCUT2D eigenvalue weighted by Gasteiger charge is -2.09. The topological polar surface area (TPSA) is 51.1 Å². The van der Waals surface area contributed by atoms with Gasteiger partial charge in [0.25, 0.3) is 11.5 Å². The van der Waals surface area contributed by atoms with Gasteiger partial charge in [-0.3, -0.25) is 14.2 Å². The molecule has 0 aliphatic rings. The van der Waals surface area contributed by atoms with Crippen molar-refractivity contribution in [2.45, 2.75) is 13.5 Å². The molecule has 4 nitrogen and oxygen atoms in total. The van der Waals surface area contributed by atoms with E-state index in [1.165, 1.54) is 10.6 Å². The van der Waals surface area contributed by atoms with Crippen molar-refractivity contribution >= 4 is 17.5 Å². The molecule has 0 radical (unpaired) electrons. The zero-order valence-corrected chi connectivity index (χ0v) is 14.5. The number of pyridine rings is 1. The standard InChI is InChI=1S/C20H17ClN2O2/c1-14-4-2-5-17(12-14)23-11-3-6-18(20(23)25)19(24)22-13-15-7-9-16(21)10-8-15/h2-12H,13H2,1H3,(H,22,24). The van der Waals surface area contributed by atoms with Crippen molar-refractivity contribution in [2.24, 2.45) is 0 Å². The highest BCUT2D eigenvalue weighted by Gasteiger charge is 2.12. The summed E-state index contributed by atoms with van der Waals surface area (Å²) in [5.74, 6) is -0.401. The van der Waals surface area contributed by atoms with E-state index >= 15 is 0 Å². The first-order valence-corrected chi connectivity index (χ1v) is 8.24. The first-order valence-electron chi connectivity index (χ1n) is 7.86. The van der Waals surface area contributed by atoms with Crippen LogP contribution in [0.5, 0.6) is 0 Å². The van der Waals surface area contributed by atoms with Gasteiger partial charge in [-0.15, -0.1) is 0 Å². The van der Waals surface area contributed by atoms with Gasteiger partial charge in [0.1, 0.15) is 5.56 Å². The molecule has 1 amide bonds.